The molecule has 1 N–H and O–H groups in total. The van der Waals surface area contributed by atoms with E-state index in [-0.39, 0.29) is 6.10 Å². The van der Waals surface area contributed by atoms with Gasteiger partial charge in [-0.3, -0.25) is 4.90 Å². The molecule has 0 amide bonds. The molecule has 11 heavy (non-hydrogen) atoms. The fraction of sp³-hybridized carbons (Fsp3) is 0.778. The van der Waals surface area contributed by atoms with Crippen molar-refractivity contribution in [2.45, 2.75) is 36.9 Å². The number of rotatable bonds is 0. The van der Waals surface area contributed by atoms with Crippen LogP contribution in [0.2, 0.25) is 0 Å². The third-order valence-corrected chi connectivity index (χ3v) is 3.45. The molecule has 3 rings (SSSR count). The molecule has 2 nitrogen and oxygen atoms in total. The first-order valence-corrected chi connectivity index (χ1v) is 4.49. The van der Waals surface area contributed by atoms with Crippen molar-refractivity contribution in [1.29, 1.82) is 0 Å². The zero-order chi connectivity index (χ0) is 7.47. The highest BCUT2D eigenvalue weighted by molar-refractivity contribution is 5.37. The maximum atomic E-state index is 9.54. The van der Waals surface area contributed by atoms with Gasteiger partial charge < -0.3 is 5.11 Å². The molecule has 2 heterocycles. The van der Waals surface area contributed by atoms with Crippen molar-refractivity contribution < 1.29 is 5.11 Å². The van der Waals surface area contributed by atoms with Gasteiger partial charge in [-0.15, -0.1) is 0 Å². The number of hydrogen-bond acceptors (Lipinski definition) is 2. The maximum absolute atomic E-state index is 9.54. The molecule has 60 valence electrons. The Hall–Kier alpha value is -0.340. The molecule has 3 aliphatic rings. The second-order valence-electron chi connectivity index (χ2n) is 3.94. The number of nitrogens with zero attached hydrogens (tertiary/aromatic N) is 1. The minimum atomic E-state index is -0.173. The molecule has 1 spiro atoms. The highest BCUT2D eigenvalue weighted by atomic mass is 16.3. The standard InChI is InChI=1S/C9H13NO/c11-7-3-5-9-4-1-2-6-10(9)8(7)9/h3,5,7-8,11H,1-2,4,6H2/t7-,8+,9-,10?/m0/s1. The Morgan fingerprint density at radius 3 is 3.18 bits per heavy atom. The topological polar surface area (TPSA) is 23.2 Å². The summed E-state index contributed by atoms with van der Waals surface area (Å²) in [6.07, 6.45) is 7.94. The third-order valence-electron chi connectivity index (χ3n) is 3.45. The Bertz CT molecular complexity index is 226. The first-order valence-electron chi connectivity index (χ1n) is 4.49. The molecule has 0 saturated carbocycles. The highest BCUT2D eigenvalue weighted by Gasteiger charge is 2.66. The van der Waals surface area contributed by atoms with Crippen LogP contribution in [0, 0.1) is 0 Å². The van der Waals surface area contributed by atoms with Crippen molar-refractivity contribution in [3.63, 3.8) is 0 Å². The third kappa shape index (κ3) is 0.565. The first kappa shape index (κ1) is 6.21. The summed E-state index contributed by atoms with van der Waals surface area (Å²) in [6, 6.07) is 0.463. The van der Waals surface area contributed by atoms with Crippen LogP contribution in [0.3, 0.4) is 0 Å². The second kappa shape index (κ2) is 1.70. The number of aliphatic hydroxyl groups is 1. The average molecular weight is 151 g/mol. The van der Waals surface area contributed by atoms with Crippen LogP contribution in [0.5, 0.6) is 0 Å². The summed E-state index contributed by atoms with van der Waals surface area (Å²) in [4.78, 5) is 2.45. The number of aliphatic hydroxyl groups excluding tert-OH is 1. The van der Waals surface area contributed by atoms with E-state index in [0.29, 0.717) is 11.6 Å². The van der Waals surface area contributed by atoms with Crippen LogP contribution in [0.4, 0.5) is 0 Å². The molecule has 0 aromatic carbocycles. The Morgan fingerprint density at radius 2 is 2.36 bits per heavy atom. The second-order valence-corrected chi connectivity index (χ2v) is 3.94. The molecule has 2 saturated heterocycles. The minimum Gasteiger partial charge on any atom is -0.387 e. The van der Waals surface area contributed by atoms with E-state index in [4.69, 9.17) is 0 Å². The van der Waals surface area contributed by atoms with Crippen LogP contribution in [0.1, 0.15) is 19.3 Å². The molecule has 1 unspecified atom stereocenters. The molecule has 1 aliphatic carbocycles. The average Bonchev–Trinajstić information content (AvgIpc) is 2.60. The van der Waals surface area contributed by atoms with Crippen LogP contribution < -0.4 is 0 Å². The van der Waals surface area contributed by atoms with Crippen LogP contribution in [0.15, 0.2) is 12.2 Å². The first-order chi connectivity index (χ1) is 5.34. The fourth-order valence-electron chi connectivity index (χ4n) is 2.89. The van der Waals surface area contributed by atoms with Gasteiger partial charge in [0.05, 0.1) is 17.7 Å². The smallest absolute Gasteiger partial charge is 0.0898 e. The van der Waals surface area contributed by atoms with Gasteiger partial charge >= 0.3 is 0 Å². The number of piperidine rings is 1. The molecular weight excluding hydrogens is 138 g/mol. The zero-order valence-electron chi connectivity index (χ0n) is 6.53. The van der Waals surface area contributed by atoms with E-state index in [2.05, 4.69) is 11.0 Å². The molecule has 2 heteroatoms. The van der Waals surface area contributed by atoms with Crippen LogP contribution in [-0.4, -0.2) is 34.2 Å². The van der Waals surface area contributed by atoms with Crippen molar-refractivity contribution in [2.75, 3.05) is 6.54 Å². The van der Waals surface area contributed by atoms with Crippen LogP contribution >= 0.6 is 0 Å². The fourth-order valence-corrected chi connectivity index (χ4v) is 2.89. The van der Waals surface area contributed by atoms with Crippen molar-refractivity contribution in [1.82, 2.24) is 4.90 Å². The largest absolute Gasteiger partial charge is 0.387 e. The van der Waals surface area contributed by atoms with E-state index in [9.17, 15) is 5.11 Å². The molecule has 0 bridgehead atoms. The van der Waals surface area contributed by atoms with Gasteiger partial charge in [-0.1, -0.05) is 12.2 Å². The van der Waals surface area contributed by atoms with Crippen molar-refractivity contribution >= 4 is 0 Å². The Morgan fingerprint density at radius 1 is 1.45 bits per heavy atom. The highest BCUT2D eigenvalue weighted by Crippen LogP contribution is 2.54. The quantitative estimate of drug-likeness (QED) is 0.403. The van der Waals surface area contributed by atoms with Gasteiger partial charge in [0.25, 0.3) is 0 Å². The Labute approximate surface area is 66.5 Å². The van der Waals surface area contributed by atoms with E-state index >= 15 is 0 Å². The monoisotopic (exact) mass is 151 g/mol. The van der Waals surface area contributed by atoms with Gasteiger partial charge in [0.15, 0.2) is 0 Å². The van der Waals surface area contributed by atoms with Crippen molar-refractivity contribution in [2.24, 2.45) is 0 Å². The molecule has 0 aromatic rings. The number of hydrogen-bond donors (Lipinski definition) is 1. The minimum absolute atomic E-state index is 0.173. The SMILES string of the molecule is O[C@H]1C=C[C@]23CCCCN2[C@H]13. The molecule has 0 radical (unpaired) electrons. The van der Waals surface area contributed by atoms with E-state index in [0.717, 1.165) is 0 Å². The molecular formula is C9H13NO. The van der Waals surface area contributed by atoms with Crippen LogP contribution in [-0.2, 0) is 0 Å². The Kier molecular flexibility index (Phi) is 0.958. The summed E-state index contributed by atoms with van der Waals surface area (Å²) >= 11 is 0. The van der Waals surface area contributed by atoms with Gasteiger partial charge in [-0.2, -0.15) is 0 Å². The van der Waals surface area contributed by atoms with Gasteiger partial charge in [-0.25, -0.2) is 0 Å². The lowest BCUT2D eigenvalue weighted by atomic mass is 9.98. The summed E-state index contributed by atoms with van der Waals surface area (Å²) in [5.74, 6) is 0. The maximum Gasteiger partial charge on any atom is 0.0898 e. The lowest BCUT2D eigenvalue weighted by Crippen LogP contribution is -2.21. The van der Waals surface area contributed by atoms with E-state index < -0.39 is 0 Å². The number of fused-ring (bicyclic) bond motifs is 1. The Balaban J connectivity index is 1.93. The van der Waals surface area contributed by atoms with E-state index in [1.54, 1.807) is 0 Å². The van der Waals surface area contributed by atoms with Gasteiger partial charge in [-0.05, 0) is 25.8 Å². The van der Waals surface area contributed by atoms with Crippen molar-refractivity contribution in [3.8, 4) is 0 Å². The van der Waals surface area contributed by atoms with E-state index in [1.807, 2.05) is 6.08 Å². The van der Waals surface area contributed by atoms with E-state index in [1.165, 1.54) is 25.8 Å². The molecule has 4 atom stereocenters. The summed E-state index contributed by atoms with van der Waals surface area (Å²) in [5, 5.41) is 9.54. The normalized spacial score (nSPS) is 58.8. The van der Waals surface area contributed by atoms with Gasteiger partial charge in [0, 0.05) is 0 Å². The summed E-state index contributed by atoms with van der Waals surface area (Å²) in [7, 11) is 0. The van der Waals surface area contributed by atoms with Crippen molar-refractivity contribution in [3.05, 3.63) is 12.2 Å². The van der Waals surface area contributed by atoms with Crippen LogP contribution in [0.25, 0.3) is 0 Å². The summed E-state index contributed by atoms with van der Waals surface area (Å²) in [5.41, 5.74) is 0.331. The lowest BCUT2D eigenvalue weighted by molar-refractivity contribution is 0.202. The predicted octanol–water partition coefficient (Wildman–Crippen LogP) is 0.524. The molecule has 2 fully saturated rings. The summed E-state index contributed by atoms with van der Waals surface area (Å²) < 4.78 is 0. The lowest BCUT2D eigenvalue weighted by Gasteiger charge is -2.18. The predicted molar refractivity (Wildman–Crippen MR) is 42.2 cm³/mol. The molecule has 0 aromatic heterocycles. The van der Waals surface area contributed by atoms with Gasteiger partial charge in [0.2, 0.25) is 0 Å². The molecule has 2 aliphatic heterocycles. The summed E-state index contributed by atoms with van der Waals surface area (Å²) in [6.45, 7) is 1.20. The zero-order valence-corrected chi connectivity index (χ0v) is 6.53. The van der Waals surface area contributed by atoms with Gasteiger partial charge in [0.1, 0.15) is 0 Å².